The summed E-state index contributed by atoms with van der Waals surface area (Å²) in [7, 11) is 0. The van der Waals surface area contributed by atoms with E-state index in [1.165, 1.54) is 6.20 Å². The SMILES string of the molecule is O=C(c1ccc(Cl)cn1)N(CCO)C1CCC1. The number of pyridine rings is 1. The van der Waals surface area contributed by atoms with Crippen LogP contribution in [0.4, 0.5) is 0 Å². The van der Waals surface area contributed by atoms with Crippen LogP contribution in [0, 0.1) is 0 Å². The quantitative estimate of drug-likeness (QED) is 0.890. The van der Waals surface area contributed by atoms with Crippen LogP contribution in [-0.4, -0.2) is 40.1 Å². The predicted octanol–water partition coefficient (Wildman–Crippen LogP) is 1.72. The molecular formula is C12H15ClN2O2. The Morgan fingerprint density at radius 3 is 2.76 bits per heavy atom. The minimum atomic E-state index is -0.125. The summed E-state index contributed by atoms with van der Waals surface area (Å²) in [4.78, 5) is 17.9. The van der Waals surface area contributed by atoms with Gasteiger partial charge in [-0.2, -0.15) is 0 Å². The van der Waals surface area contributed by atoms with Gasteiger partial charge in [0.25, 0.3) is 5.91 Å². The first-order chi connectivity index (χ1) is 8.22. The van der Waals surface area contributed by atoms with Crippen LogP contribution in [0.25, 0.3) is 0 Å². The molecule has 0 spiro atoms. The molecule has 17 heavy (non-hydrogen) atoms. The van der Waals surface area contributed by atoms with Gasteiger partial charge in [0.2, 0.25) is 0 Å². The fourth-order valence-electron chi connectivity index (χ4n) is 1.91. The zero-order valence-electron chi connectivity index (χ0n) is 9.47. The molecule has 1 aliphatic carbocycles. The number of amides is 1. The van der Waals surface area contributed by atoms with Crippen LogP contribution in [0.2, 0.25) is 5.02 Å². The third-order valence-corrected chi connectivity index (χ3v) is 3.29. The molecule has 4 nitrogen and oxygen atoms in total. The van der Waals surface area contributed by atoms with E-state index in [4.69, 9.17) is 16.7 Å². The molecule has 1 amide bonds. The molecule has 2 rings (SSSR count). The highest BCUT2D eigenvalue weighted by Crippen LogP contribution is 2.25. The maximum atomic E-state index is 12.2. The first kappa shape index (κ1) is 12.3. The number of aliphatic hydroxyl groups excluding tert-OH is 1. The molecule has 0 aromatic carbocycles. The second-order valence-corrected chi connectivity index (χ2v) is 4.60. The summed E-state index contributed by atoms with van der Waals surface area (Å²) < 4.78 is 0. The average molecular weight is 255 g/mol. The van der Waals surface area contributed by atoms with E-state index in [9.17, 15) is 4.79 Å². The van der Waals surface area contributed by atoms with E-state index in [2.05, 4.69) is 4.98 Å². The molecule has 0 atom stereocenters. The molecule has 0 bridgehead atoms. The van der Waals surface area contributed by atoms with Gasteiger partial charge in [-0.05, 0) is 31.4 Å². The fourth-order valence-corrected chi connectivity index (χ4v) is 2.02. The van der Waals surface area contributed by atoms with Gasteiger partial charge < -0.3 is 10.0 Å². The highest BCUT2D eigenvalue weighted by molar-refractivity contribution is 6.30. The van der Waals surface area contributed by atoms with Crippen molar-refractivity contribution in [1.82, 2.24) is 9.88 Å². The topological polar surface area (TPSA) is 53.4 Å². The normalized spacial score (nSPS) is 15.4. The van der Waals surface area contributed by atoms with E-state index in [-0.39, 0.29) is 18.6 Å². The van der Waals surface area contributed by atoms with E-state index in [1.807, 2.05) is 0 Å². The van der Waals surface area contributed by atoms with Crippen LogP contribution in [0.5, 0.6) is 0 Å². The molecule has 0 saturated heterocycles. The Balaban J connectivity index is 2.12. The summed E-state index contributed by atoms with van der Waals surface area (Å²) in [6.07, 6.45) is 4.64. The second kappa shape index (κ2) is 5.47. The van der Waals surface area contributed by atoms with Crippen molar-refractivity contribution in [2.45, 2.75) is 25.3 Å². The fraction of sp³-hybridized carbons (Fsp3) is 0.500. The Morgan fingerprint density at radius 2 is 2.29 bits per heavy atom. The summed E-state index contributed by atoms with van der Waals surface area (Å²) in [6, 6.07) is 3.53. The highest BCUT2D eigenvalue weighted by Gasteiger charge is 2.29. The minimum Gasteiger partial charge on any atom is -0.395 e. The maximum Gasteiger partial charge on any atom is 0.272 e. The van der Waals surface area contributed by atoms with E-state index < -0.39 is 0 Å². The summed E-state index contributed by atoms with van der Waals surface area (Å²) in [5, 5.41) is 9.52. The molecular weight excluding hydrogens is 240 g/mol. The summed E-state index contributed by atoms with van der Waals surface area (Å²) >= 11 is 5.73. The zero-order chi connectivity index (χ0) is 12.3. The lowest BCUT2D eigenvalue weighted by atomic mass is 9.91. The number of nitrogens with zero attached hydrogens (tertiary/aromatic N) is 2. The van der Waals surface area contributed by atoms with Gasteiger partial charge in [0, 0.05) is 18.8 Å². The Hall–Kier alpha value is -1.13. The molecule has 1 fully saturated rings. The van der Waals surface area contributed by atoms with Crippen molar-refractivity contribution in [3.8, 4) is 0 Å². The first-order valence-corrected chi connectivity index (χ1v) is 6.13. The van der Waals surface area contributed by atoms with Crippen molar-refractivity contribution in [2.24, 2.45) is 0 Å². The third kappa shape index (κ3) is 2.76. The zero-order valence-corrected chi connectivity index (χ0v) is 10.2. The number of aromatic nitrogens is 1. The van der Waals surface area contributed by atoms with Gasteiger partial charge in [-0.3, -0.25) is 4.79 Å². The Labute approximate surface area is 105 Å². The van der Waals surface area contributed by atoms with Crippen LogP contribution in [-0.2, 0) is 0 Å². The lowest BCUT2D eigenvalue weighted by Gasteiger charge is -2.37. The number of hydrogen-bond donors (Lipinski definition) is 1. The van der Waals surface area contributed by atoms with Gasteiger partial charge in [0.1, 0.15) is 5.69 Å². The van der Waals surface area contributed by atoms with Crippen LogP contribution in [0.1, 0.15) is 29.8 Å². The van der Waals surface area contributed by atoms with Crippen molar-refractivity contribution in [3.05, 3.63) is 29.0 Å². The van der Waals surface area contributed by atoms with Gasteiger partial charge in [0.15, 0.2) is 0 Å². The maximum absolute atomic E-state index is 12.2. The molecule has 1 aromatic rings. The number of carbonyl (C=O) groups is 1. The number of rotatable bonds is 4. The average Bonchev–Trinajstić information content (AvgIpc) is 2.26. The van der Waals surface area contributed by atoms with Gasteiger partial charge in [-0.25, -0.2) is 4.98 Å². The van der Waals surface area contributed by atoms with Crippen LogP contribution < -0.4 is 0 Å². The van der Waals surface area contributed by atoms with E-state index >= 15 is 0 Å². The van der Waals surface area contributed by atoms with Gasteiger partial charge in [-0.15, -0.1) is 0 Å². The molecule has 0 unspecified atom stereocenters. The van der Waals surface area contributed by atoms with E-state index in [0.29, 0.717) is 17.3 Å². The number of hydrogen-bond acceptors (Lipinski definition) is 3. The number of aliphatic hydroxyl groups is 1. The lowest BCUT2D eigenvalue weighted by molar-refractivity contribution is 0.0520. The van der Waals surface area contributed by atoms with Crippen LogP contribution in [0.3, 0.4) is 0 Å². The lowest BCUT2D eigenvalue weighted by Crippen LogP contribution is -2.45. The molecule has 1 aromatic heterocycles. The Bertz CT molecular complexity index is 390. The largest absolute Gasteiger partial charge is 0.395 e. The molecule has 1 aliphatic rings. The smallest absolute Gasteiger partial charge is 0.272 e. The van der Waals surface area contributed by atoms with Crippen LogP contribution in [0.15, 0.2) is 18.3 Å². The summed E-state index contributed by atoms with van der Waals surface area (Å²) in [5.41, 5.74) is 0.384. The standard InChI is InChI=1S/C12H15ClN2O2/c13-9-4-5-11(14-8-9)12(17)15(6-7-16)10-2-1-3-10/h4-5,8,10,16H,1-3,6-7H2. The minimum absolute atomic E-state index is 0.0180. The molecule has 0 aliphatic heterocycles. The third-order valence-electron chi connectivity index (χ3n) is 3.06. The first-order valence-electron chi connectivity index (χ1n) is 5.76. The number of carbonyl (C=O) groups excluding carboxylic acids is 1. The summed E-state index contributed by atoms with van der Waals surface area (Å²) in [6.45, 7) is 0.351. The monoisotopic (exact) mass is 254 g/mol. The van der Waals surface area contributed by atoms with Crippen LogP contribution >= 0.6 is 11.6 Å². The number of halogens is 1. The predicted molar refractivity (Wildman–Crippen MR) is 65.0 cm³/mol. The van der Waals surface area contributed by atoms with Crippen molar-refractivity contribution < 1.29 is 9.90 Å². The van der Waals surface area contributed by atoms with Gasteiger partial charge >= 0.3 is 0 Å². The highest BCUT2D eigenvalue weighted by atomic mass is 35.5. The van der Waals surface area contributed by atoms with Gasteiger partial charge in [-0.1, -0.05) is 11.6 Å². The van der Waals surface area contributed by atoms with E-state index in [0.717, 1.165) is 19.3 Å². The molecule has 1 N–H and O–H groups in total. The van der Waals surface area contributed by atoms with Gasteiger partial charge in [0.05, 0.1) is 11.6 Å². The van der Waals surface area contributed by atoms with Crippen molar-refractivity contribution in [3.63, 3.8) is 0 Å². The summed E-state index contributed by atoms with van der Waals surface area (Å²) in [5.74, 6) is -0.125. The molecule has 0 radical (unpaired) electrons. The molecule has 1 heterocycles. The van der Waals surface area contributed by atoms with E-state index in [1.54, 1.807) is 17.0 Å². The molecule has 1 saturated carbocycles. The Morgan fingerprint density at radius 1 is 1.53 bits per heavy atom. The Kier molecular flexibility index (Phi) is 3.97. The van der Waals surface area contributed by atoms with Crippen molar-refractivity contribution in [2.75, 3.05) is 13.2 Å². The second-order valence-electron chi connectivity index (χ2n) is 4.17. The van der Waals surface area contributed by atoms with Crippen molar-refractivity contribution in [1.29, 1.82) is 0 Å². The van der Waals surface area contributed by atoms with Crippen molar-refractivity contribution >= 4 is 17.5 Å². The molecule has 5 heteroatoms. The molecule has 92 valence electrons.